The van der Waals surface area contributed by atoms with Crippen molar-refractivity contribution in [3.63, 3.8) is 0 Å². The first-order chi connectivity index (χ1) is 26.5. The van der Waals surface area contributed by atoms with Crippen molar-refractivity contribution in [1.29, 1.82) is 0 Å². The Hall–Kier alpha value is -7.62. The summed E-state index contributed by atoms with van der Waals surface area (Å²) in [4.78, 5) is 70.3. The number of nitrogens with zero attached hydrogens (tertiary/aromatic N) is 7. The topological polar surface area (TPSA) is 262 Å². The summed E-state index contributed by atoms with van der Waals surface area (Å²) in [6.45, 7) is 1.74. The van der Waals surface area contributed by atoms with E-state index in [1.165, 1.54) is 61.3 Å². The number of amides is 1. The fraction of sp³-hybridized carbons (Fsp3) is 0.128. The van der Waals surface area contributed by atoms with E-state index in [1.54, 1.807) is 36.9 Å². The number of nitrogen functional groups attached to an aromatic ring is 2. The van der Waals surface area contributed by atoms with Crippen molar-refractivity contribution >= 4 is 68.3 Å². The molecule has 0 bridgehead atoms. The molecule has 0 spiro atoms. The maximum atomic E-state index is 12.3. The van der Waals surface area contributed by atoms with Gasteiger partial charge in [0.25, 0.3) is 5.91 Å². The zero-order valence-corrected chi connectivity index (χ0v) is 29.2. The van der Waals surface area contributed by atoms with E-state index < -0.39 is 17.9 Å². The Labute approximate surface area is 313 Å². The van der Waals surface area contributed by atoms with Gasteiger partial charge >= 0.3 is 17.9 Å². The van der Waals surface area contributed by atoms with E-state index in [0.29, 0.717) is 39.0 Å². The van der Waals surface area contributed by atoms with Crippen LogP contribution < -0.4 is 11.5 Å². The lowest BCUT2D eigenvalue weighted by molar-refractivity contribution is 0.0686. The summed E-state index contributed by atoms with van der Waals surface area (Å²) in [6.07, 6.45) is 13.0. The Morgan fingerprint density at radius 1 is 0.436 bits per heavy atom. The molecule has 55 heavy (non-hydrogen) atoms. The number of aromatic carboxylic acids is 3. The molecule has 1 saturated heterocycles. The number of benzene rings is 4. The van der Waals surface area contributed by atoms with Crippen molar-refractivity contribution in [1.82, 2.24) is 34.8 Å². The first-order valence-electron chi connectivity index (χ1n) is 16.8. The number of anilines is 2. The van der Waals surface area contributed by atoms with E-state index in [4.69, 9.17) is 26.8 Å². The molecule has 0 radical (unpaired) electrons. The molecule has 0 saturated carbocycles. The number of fused-ring (bicyclic) bond motifs is 3. The van der Waals surface area contributed by atoms with E-state index >= 15 is 0 Å². The number of carboxylic acids is 3. The molecule has 7 aromatic rings. The van der Waals surface area contributed by atoms with Crippen molar-refractivity contribution in [3.8, 4) is 0 Å². The van der Waals surface area contributed by atoms with Gasteiger partial charge in [0.1, 0.15) is 0 Å². The van der Waals surface area contributed by atoms with Crippen LogP contribution >= 0.6 is 0 Å². The van der Waals surface area contributed by atoms with Crippen molar-refractivity contribution in [2.45, 2.75) is 19.3 Å². The van der Waals surface area contributed by atoms with Gasteiger partial charge in [0, 0.05) is 55.8 Å². The highest BCUT2D eigenvalue weighted by atomic mass is 16.4. The summed E-state index contributed by atoms with van der Waals surface area (Å²) >= 11 is 0. The van der Waals surface area contributed by atoms with Crippen LogP contribution in [-0.4, -0.2) is 87.0 Å². The number of nitrogens with two attached hydrogens (primary N) is 2. The van der Waals surface area contributed by atoms with Crippen LogP contribution in [0.1, 0.15) is 60.7 Å². The summed E-state index contributed by atoms with van der Waals surface area (Å²) in [6, 6.07) is 19.1. The van der Waals surface area contributed by atoms with Gasteiger partial charge in [0.15, 0.2) is 0 Å². The van der Waals surface area contributed by atoms with Gasteiger partial charge in [-0.1, -0.05) is 0 Å². The lowest BCUT2D eigenvalue weighted by Gasteiger charge is -2.26. The summed E-state index contributed by atoms with van der Waals surface area (Å²) in [5.41, 5.74) is 17.0. The van der Waals surface area contributed by atoms with Gasteiger partial charge in [-0.05, 0) is 92.1 Å². The Morgan fingerprint density at radius 3 is 1.18 bits per heavy atom. The van der Waals surface area contributed by atoms with Crippen molar-refractivity contribution in [3.05, 3.63) is 132 Å². The second-order valence-electron chi connectivity index (χ2n) is 11.9. The number of aromatic nitrogens is 6. The minimum Gasteiger partial charge on any atom is -0.478 e. The average molecular weight is 742 g/mol. The lowest BCUT2D eigenvalue weighted by atomic mass is 10.1. The fourth-order valence-corrected chi connectivity index (χ4v) is 5.28. The van der Waals surface area contributed by atoms with Gasteiger partial charge in [-0.2, -0.15) is 0 Å². The maximum absolute atomic E-state index is 12.3. The number of likely N-dealkylation sites (tertiary alicyclic amines) is 1. The summed E-state index contributed by atoms with van der Waals surface area (Å²) in [5, 5.41) is 25.9. The molecule has 0 aliphatic carbocycles. The van der Waals surface area contributed by atoms with Crippen LogP contribution in [0.4, 0.5) is 11.4 Å². The van der Waals surface area contributed by atoms with Crippen molar-refractivity contribution in [2.24, 2.45) is 0 Å². The number of piperidine rings is 1. The molecule has 1 amide bonds. The van der Waals surface area contributed by atoms with Gasteiger partial charge in [0.05, 0.1) is 61.2 Å². The number of carbonyl (C=O) groups excluding carboxylic acids is 1. The lowest BCUT2D eigenvalue weighted by Crippen LogP contribution is -2.35. The average Bonchev–Trinajstić information content (AvgIpc) is 3.22. The second-order valence-corrected chi connectivity index (χ2v) is 11.9. The molecule has 8 rings (SSSR count). The number of carboxylic acid groups (broad SMARTS) is 3. The SMILES string of the molecule is Nc1ccc(C(=O)O)cc1N.O=C(O)c1ccc2nccnc2c1.O=C(O)c1ccc2nccnc2c1.O=C(c1ccc2nccnc2c1)N1CCCCC1. The molecule has 1 aliphatic heterocycles. The molecule has 1 fully saturated rings. The minimum absolute atomic E-state index is 0.113. The van der Waals surface area contributed by atoms with E-state index in [0.717, 1.165) is 37.0 Å². The first kappa shape index (κ1) is 38.6. The van der Waals surface area contributed by atoms with Crippen LogP contribution in [0.5, 0.6) is 0 Å². The molecule has 0 unspecified atom stereocenters. The van der Waals surface area contributed by atoms with Gasteiger partial charge in [-0.25, -0.2) is 14.4 Å². The third-order valence-corrected chi connectivity index (χ3v) is 8.13. The Bertz CT molecular complexity index is 2400. The molecular weight excluding hydrogens is 706 g/mol. The zero-order chi connectivity index (χ0) is 39.3. The van der Waals surface area contributed by atoms with Crippen LogP contribution in [-0.2, 0) is 0 Å². The van der Waals surface area contributed by atoms with E-state index in [9.17, 15) is 19.2 Å². The number of hydrogen-bond acceptors (Lipinski definition) is 12. The molecule has 1 aliphatic rings. The second kappa shape index (κ2) is 18.2. The van der Waals surface area contributed by atoms with E-state index in [-0.39, 0.29) is 22.6 Å². The van der Waals surface area contributed by atoms with Gasteiger partial charge in [-0.3, -0.25) is 34.7 Å². The Morgan fingerprint density at radius 2 is 0.782 bits per heavy atom. The van der Waals surface area contributed by atoms with Crippen LogP contribution in [0.3, 0.4) is 0 Å². The van der Waals surface area contributed by atoms with E-state index in [2.05, 4.69) is 29.9 Å². The fourth-order valence-electron chi connectivity index (χ4n) is 5.28. The molecule has 0 atom stereocenters. The highest BCUT2D eigenvalue weighted by molar-refractivity contribution is 5.97. The van der Waals surface area contributed by atoms with Crippen molar-refractivity contribution in [2.75, 3.05) is 24.6 Å². The molecular formula is C39H35N9O7. The summed E-state index contributed by atoms with van der Waals surface area (Å²) in [5.74, 6) is -2.79. The molecule has 16 nitrogen and oxygen atoms in total. The molecule has 16 heteroatoms. The smallest absolute Gasteiger partial charge is 0.335 e. The number of rotatable bonds is 4. The normalized spacial score (nSPS) is 11.9. The molecule has 4 aromatic carbocycles. The van der Waals surface area contributed by atoms with Crippen LogP contribution in [0.25, 0.3) is 33.1 Å². The van der Waals surface area contributed by atoms with E-state index in [1.807, 2.05) is 23.1 Å². The molecule has 7 N–H and O–H groups in total. The van der Waals surface area contributed by atoms with Gasteiger partial charge in [-0.15, -0.1) is 0 Å². The minimum atomic E-state index is -1.00. The van der Waals surface area contributed by atoms with Gasteiger partial charge in [0.2, 0.25) is 0 Å². The third kappa shape index (κ3) is 10.5. The van der Waals surface area contributed by atoms with Crippen LogP contribution in [0.2, 0.25) is 0 Å². The highest BCUT2D eigenvalue weighted by Crippen LogP contribution is 2.17. The standard InChI is InChI=1S/C14H15N3O.2C9H6N2O2.C7H8N2O2/c18-14(17-8-2-1-3-9-17)11-4-5-12-13(10-11)16-7-6-15-12;2*12-9(13)6-1-2-7-8(5-6)11-4-3-10-7;8-5-2-1-4(7(10)11)3-6(5)9/h4-7,10H,1-3,8-9H2;2*1-5H,(H,12,13);1-3H,8-9H2,(H,10,11). The monoisotopic (exact) mass is 741 g/mol. The zero-order valence-electron chi connectivity index (χ0n) is 29.2. The number of hydrogen-bond donors (Lipinski definition) is 5. The summed E-state index contributed by atoms with van der Waals surface area (Å²) < 4.78 is 0. The number of carbonyl (C=O) groups is 4. The highest BCUT2D eigenvalue weighted by Gasteiger charge is 2.18. The predicted octanol–water partition coefficient (Wildman–Crippen LogP) is 5.46. The molecule has 278 valence electrons. The van der Waals surface area contributed by atoms with Gasteiger partial charge < -0.3 is 31.7 Å². The van der Waals surface area contributed by atoms with Crippen LogP contribution in [0.15, 0.2) is 110 Å². The quantitative estimate of drug-likeness (QED) is 0.140. The molecule has 4 heterocycles. The summed E-state index contributed by atoms with van der Waals surface area (Å²) in [7, 11) is 0. The van der Waals surface area contributed by atoms with Crippen molar-refractivity contribution < 1.29 is 34.5 Å². The maximum Gasteiger partial charge on any atom is 0.335 e. The Kier molecular flexibility index (Phi) is 12.8. The third-order valence-electron chi connectivity index (χ3n) is 8.13. The first-order valence-corrected chi connectivity index (χ1v) is 16.8. The molecule has 3 aromatic heterocycles. The largest absolute Gasteiger partial charge is 0.478 e. The Balaban J connectivity index is 0.000000143. The van der Waals surface area contributed by atoms with Crippen LogP contribution in [0, 0.1) is 0 Å². The predicted molar refractivity (Wildman–Crippen MR) is 205 cm³/mol.